The van der Waals surface area contributed by atoms with Crippen LogP contribution in [0, 0.1) is 23.2 Å². The molecule has 26 heavy (non-hydrogen) atoms. The quantitative estimate of drug-likeness (QED) is 0.639. The molecule has 2 N–H and O–H groups in total. The Balaban J connectivity index is 1.82. The van der Waals surface area contributed by atoms with Crippen LogP contribution in [0.25, 0.3) is 0 Å². The van der Waals surface area contributed by atoms with Gasteiger partial charge in [0.1, 0.15) is 6.61 Å². The molecule has 1 amide bonds. The monoisotopic (exact) mass is 350 g/mol. The van der Waals surface area contributed by atoms with Gasteiger partial charge in [0.2, 0.25) is 0 Å². The zero-order valence-electron chi connectivity index (χ0n) is 14.3. The maximum absolute atomic E-state index is 11.6. The molecule has 0 heterocycles. The highest BCUT2D eigenvalue weighted by Gasteiger charge is 2.08. The maximum atomic E-state index is 11.6. The Labute approximate surface area is 152 Å². The van der Waals surface area contributed by atoms with Crippen LogP contribution in [0.5, 0.6) is 11.5 Å². The minimum absolute atomic E-state index is 0.116. The van der Waals surface area contributed by atoms with Crippen LogP contribution < -0.4 is 10.1 Å². The van der Waals surface area contributed by atoms with Gasteiger partial charge in [-0.1, -0.05) is 42.2 Å². The molecule has 0 aliphatic carbocycles. The van der Waals surface area contributed by atoms with E-state index < -0.39 is 6.09 Å². The number of phenolic OH excluding ortho intramolecular Hbond substituents is 1. The summed E-state index contributed by atoms with van der Waals surface area (Å²) < 4.78 is 10.1. The molecule has 0 aliphatic heterocycles. The minimum Gasteiger partial charge on any atom is -0.503 e. The fourth-order valence-corrected chi connectivity index (χ4v) is 2.08. The van der Waals surface area contributed by atoms with Crippen LogP contribution >= 0.6 is 0 Å². The van der Waals surface area contributed by atoms with Crippen LogP contribution in [0.1, 0.15) is 23.1 Å². The van der Waals surface area contributed by atoms with Gasteiger partial charge in [0.25, 0.3) is 0 Å². The number of rotatable bonds is 5. The standard InChI is InChI=1S/C20H18N2O4/c1-25-18-12-16(13-21)11-17(19(18)23)9-5-6-10-22-20(24)26-14-15-7-3-2-4-8-15/h2-4,7-8,11-12,23H,6,10,14H2,1H3,(H,22,24). The van der Waals surface area contributed by atoms with Crippen molar-refractivity contribution in [2.45, 2.75) is 13.0 Å². The molecule has 0 saturated heterocycles. The third-order valence-electron chi connectivity index (χ3n) is 3.38. The first-order valence-electron chi connectivity index (χ1n) is 7.88. The number of ether oxygens (including phenoxy) is 2. The fraction of sp³-hybridized carbons (Fsp3) is 0.200. The second-order valence-electron chi connectivity index (χ2n) is 5.23. The molecule has 6 heteroatoms. The zero-order chi connectivity index (χ0) is 18.8. The fourth-order valence-electron chi connectivity index (χ4n) is 2.08. The number of carbonyl (C=O) groups is 1. The summed E-state index contributed by atoms with van der Waals surface area (Å²) in [6, 6.07) is 14.3. The molecule has 2 aromatic rings. The number of methoxy groups -OCH3 is 1. The second-order valence-corrected chi connectivity index (χ2v) is 5.23. The Kier molecular flexibility index (Phi) is 6.91. The Morgan fingerprint density at radius 3 is 2.73 bits per heavy atom. The summed E-state index contributed by atoms with van der Waals surface area (Å²) in [6.07, 6.45) is -0.162. The first kappa shape index (κ1) is 18.7. The van der Waals surface area contributed by atoms with Crippen molar-refractivity contribution in [2.24, 2.45) is 0 Å². The van der Waals surface area contributed by atoms with Crippen LogP contribution in [-0.2, 0) is 11.3 Å². The molecule has 0 spiro atoms. The molecule has 2 rings (SSSR count). The van der Waals surface area contributed by atoms with Crippen molar-refractivity contribution < 1.29 is 19.4 Å². The summed E-state index contributed by atoms with van der Waals surface area (Å²) in [5, 5.41) is 21.6. The normalized spacial score (nSPS) is 9.38. The predicted molar refractivity (Wildman–Crippen MR) is 95.5 cm³/mol. The van der Waals surface area contributed by atoms with Crippen LogP contribution in [0.2, 0.25) is 0 Å². The van der Waals surface area contributed by atoms with Crippen LogP contribution in [0.4, 0.5) is 4.79 Å². The summed E-state index contributed by atoms with van der Waals surface area (Å²) in [6.45, 7) is 0.503. The molecule has 0 atom stereocenters. The third-order valence-corrected chi connectivity index (χ3v) is 3.38. The lowest BCUT2D eigenvalue weighted by Crippen LogP contribution is -2.24. The molecule has 0 saturated carbocycles. The van der Waals surface area contributed by atoms with Gasteiger partial charge in [0.05, 0.1) is 24.3 Å². The molecular weight excluding hydrogens is 332 g/mol. The highest BCUT2D eigenvalue weighted by atomic mass is 16.5. The summed E-state index contributed by atoms with van der Waals surface area (Å²) in [7, 11) is 1.40. The highest BCUT2D eigenvalue weighted by Crippen LogP contribution is 2.30. The van der Waals surface area contributed by atoms with E-state index in [4.69, 9.17) is 14.7 Å². The number of phenols is 1. The molecule has 0 fully saturated rings. The average Bonchev–Trinajstić information content (AvgIpc) is 2.68. The number of amides is 1. The van der Waals surface area contributed by atoms with Crippen LogP contribution in [0.3, 0.4) is 0 Å². The molecule has 0 bridgehead atoms. The first-order chi connectivity index (χ1) is 12.6. The summed E-state index contributed by atoms with van der Waals surface area (Å²) in [4.78, 5) is 11.6. The largest absolute Gasteiger partial charge is 0.503 e. The molecule has 2 aromatic carbocycles. The zero-order valence-corrected chi connectivity index (χ0v) is 14.3. The highest BCUT2D eigenvalue weighted by molar-refractivity contribution is 5.67. The molecule has 0 aliphatic rings. The Hall–Kier alpha value is -3.64. The molecule has 132 valence electrons. The number of nitrogens with zero attached hydrogens (tertiary/aromatic N) is 1. The van der Waals surface area contributed by atoms with Gasteiger partial charge in [-0.15, -0.1) is 0 Å². The van der Waals surface area contributed by atoms with Gasteiger partial charge in [-0.2, -0.15) is 5.26 Å². The predicted octanol–water partition coefficient (Wildman–Crippen LogP) is 2.94. The average molecular weight is 350 g/mol. The van der Waals surface area contributed by atoms with E-state index in [1.165, 1.54) is 19.2 Å². The molecule has 0 radical (unpaired) electrons. The molecule has 6 nitrogen and oxygen atoms in total. The van der Waals surface area contributed by atoms with Crippen molar-refractivity contribution in [2.75, 3.05) is 13.7 Å². The number of hydrogen-bond donors (Lipinski definition) is 2. The third kappa shape index (κ3) is 5.47. The van der Waals surface area contributed by atoms with Crippen molar-refractivity contribution in [3.05, 3.63) is 59.2 Å². The number of alkyl carbamates (subject to hydrolysis) is 1. The van der Waals surface area contributed by atoms with E-state index in [2.05, 4.69) is 17.2 Å². The van der Waals surface area contributed by atoms with Crippen LogP contribution in [0.15, 0.2) is 42.5 Å². The van der Waals surface area contributed by atoms with E-state index in [-0.39, 0.29) is 18.1 Å². The Morgan fingerprint density at radius 2 is 2.04 bits per heavy atom. The lowest BCUT2D eigenvalue weighted by atomic mass is 10.1. The topological polar surface area (TPSA) is 91.6 Å². The van der Waals surface area contributed by atoms with Crippen molar-refractivity contribution in [1.82, 2.24) is 5.32 Å². The van der Waals surface area contributed by atoms with Gasteiger partial charge >= 0.3 is 6.09 Å². The van der Waals surface area contributed by atoms with Crippen molar-refractivity contribution in [1.29, 1.82) is 5.26 Å². The number of benzene rings is 2. The second kappa shape index (κ2) is 9.61. The number of nitriles is 1. The number of nitrogens with one attached hydrogen (secondary N) is 1. The first-order valence-corrected chi connectivity index (χ1v) is 7.88. The molecule has 0 unspecified atom stereocenters. The number of hydrogen-bond acceptors (Lipinski definition) is 5. The maximum Gasteiger partial charge on any atom is 0.407 e. The molecule has 0 aromatic heterocycles. The van der Waals surface area contributed by atoms with Crippen molar-refractivity contribution in [3.8, 4) is 29.4 Å². The van der Waals surface area contributed by atoms with E-state index in [0.717, 1.165) is 5.56 Å². The van der Waals surface area contributed by atoms with E-state index >= 15 is 0 Å². The number of aromatic hydroxyl groups is 1. The van der Waals surface area contributed by atoms with E-state index in [9.17, 15) is 9.90 Å². The Bertz CT molecular complexity index is 861. The van der Waals surface area contributed by atoms with Crippen LogP contribution in [-0.4, -0.2) is 24.9 Å². The van der Waals surface area contributed by atoms with E-state index in [1.807, 2.05) is 36.4 Å². The van der Waals surface area contributed by atoms with Gasteiger partial charge in [0.15, 0.2) is 11.5 Å². The van der Waals surface area contributed by atoms with Gasteiger partial charge in [0, 0.05) is 19.0 Å². The van der Waals surface area contributed by atoms with E-state index in [1.54, 1.807) is 0 Å². The summed E-state index contributed by atoms with van der Waals surface area (Å²) in [5.41, 5.74) is 1.54. The van der Waals surface area contributed by atoms with Gasteiger partial charge in [-0.3, -0.25) is 0 Å². The minimum atomic E-state index is -0.522. The SMILES string of the molecule is COc1cc(C#N)cc(C#CCCNC(=O)OCc2ccccc2)c1O. The lowest BCUT2D eigenvalue weighted by molar-refractivity contribution is 0.140. The van der Waals surface area contributed by atoms with Gasteiger partial charge < -0.3 is 19.9 Å². The summed E-state index contributed by atoms with van der Waals surface area (Å²) >= 11 is 0. The molecular formula is C20H18N2O4. The van der Waals surface area contributed by atoms with Gasteiger partial charge in [-0.25, -0.2) is 4.79 Å². The Morgan fingerprint density at radius 1 is 1.27 bits per heavy atom. The lowest BCUT2D eigenvalue weighted by Gasteiger charge is -2.06. The van der Waals surface area contributed by atoms with Gasteiger partial charge in [-0.05, 0) is 11.6 Å². The van der Waals surface area contributed by atoms with Crippen molar-refractivity contribution in [3.63, 3.8) is 0 Å². The summed E-state index contributed by atoms with van der Waals surface area (Å²) in [5.74, 6) is 5.67. The van der Waals surface area contributed by atoms with Crippen molar-refractivity contribution >= 4 is 6.09 Å². The smallest absolute Gasteiger partial charge is 0.407 e. The number of carbonyl (C=O) groups excluding carboxylic acids is 1. The van der Waals surface area contributed by atoms with E-state index in [0.29, 0.717) is 24.1 Å².